The van der Waals surface area contributed by atoms with Crippen LogP contribution >= 0.6 is 35.1 Å². The molecule has 0 aliphatic carbocycles. The summed E-state index contributed by atoms with van der Waals surface area (Å²) in [5.74, 6) is -0.341. The van der Waals surface area contributed by atoms with Crippen LogP contribution < -0.4 is 16.0 Å². The Bertz CT molecular complexity index is 1780. The Balaban J connectivity index is 1.35. The average Bonchev–Trinajstić information content (AvgIpc) is 3.51. The Hall–Kier alpha value is -4.78. The smallest absolute Gasteiger partial charge is 0.272 e. The molecule has 0 aliphatic heterocycles. The predicted molar refractivity (Wildman–Crippen MR) is 181 cm³/mol. The minimum absolute atomic E-state index is 0.0501. The summed E-state index contributed by atoms with van der Waals surface area (Å²) >= 11 is 3.99. The Labute approximate surface area is 273 Å². The van der Waals surface area contributed by atoms with Crippen molar-refractivity contribution in [3.05, 3.63) is 132 Å². The molecule has 5 rings (SSSR count). The first-order chi connectivity index (χ1) is 22.0. The lowest BCUT2D eigenvalue weighted by molar-refractivity contribution is -0.116. The van der Waals surface area contributed by atoms with Gasteiger partial charge in [0.05, 0.1) is 0 Å². The van der Waals surface area contributed by atoms with Crippen LogP contribution in [0.3, 0.4) is 0 Å². The van der Waals surface area contributed by atoms with Gasteiger partial charge in [-0.1, -0.05) is 79.3 Å². The van der Waals surface area contributed by atoms with Crippen LogP contribution in [0.2, 0.25) is 0 Å². The summed E-state index contributed by atoms with van der Waals surface area (Å²) in [5, 5.41) is 8.98. The van der Waals surface area contributed by atoms with Crippen LogP contribution in [0.4, 0.5) is 10.8 Å². The Morgan fingerprint density at radius 1 is 0.911 bits per heavy atom. The van der Waals surface area contributed by atoms with Crippen LogP contribution in [-0.4, -0.2) is 37.8 Å². The molecule has 0 saturated carbocycles. The van der Waals surface area contributed by atoms with Crippen LogP contribution in [0.15, 0.2) is 125 Å². The molecule has 0 fully saturated rings. The second kappa shape index (κ2) is 15.8. The third-order valence-corrected chi connectivity index (χ3v) is 8.85. The van der Waals surface area contributed by atoms with E-state index < -0.39 is 17.1 Å². The molecular weight excluding hydrogens is 625 g/mol. The zero-order valence-corrected chi connectivity index (χ0v) is 26.5. The fourth-order valence-electron chi connectivity index (χ4n) is 4.07. The molecule has 0 aliphatic rings. The summed E-state index contributed by atoms with van der Waals surface area (Å²) in [6.45, 7) is 2.02. The molecule has 5 aromatic rings. The molecule has 2 aromatic heterocycles. The van der Waals surface area contributed by atoms with Crippen LogP contribution in [0.25, 0.3) is 6.08 Å². The van der Waals surface area contributed by atoms with E-state index in [1.807, 2.05) is 49.4 Å². The molecule has 0 spiro atoms. The highest BCUT2D eigenvalue weighted by molar-refractivity contribution is 8.00. The molecule has 226 valence electrons. The van der Waals surface area contributed by atoms with Crippen molar-refractivity contribution >= 4 is 69.7 Å². The van der Waals surface area contributed by atoms with Crippen LogP contribution in [0.5, 0.6) is 0 Å². The number of rotatable bonds is 12. The van der Waals surface area contributed by atoms with Crippen LogP contribution in [0, 0.1) is 0 Å². The fourth-order valence-corrected chi connectivity index (χ4v) is 6.43. The van der Waals surface area contributed by atoms with E-state index in [1.54, 1.807) is 73.1 Å². The van der Waals surface area contributed by atoms with E-state index in [4.69, 9.17) is 0 Å². The van der Waals surface area contributed by atoms with Crippen molar-refractivity contribution in [3.8, 4) is 0 Å². The van der Waals surface area contributed by atoms with Gasteiger partial charge in [0, 0.05) is 40.1 Å². The Kier molecular flexibility index (Phi) is 11.1. The predicted octanol–water partition coefficient (Wildman–Crippen LogP) is 6.93. The molecule has 45 heavy (non-hydrogen) atoms. The quantitative estimate of drug-likeness (QED) is 0.0979. The van der Waals surface area contributed by atoms with Gasteiger partial charge in [0.25, 0.3) is 11.8 Å². The summed E-state index contributed by atoms with van der Waals surface area (Å²) in [4.78, 5) is 49.2. The lowest BCUT2D eigenvalue weighted by atomic mass is 10.1. The van der Waals surface area contributed by atoms with Crippen LogP contribution in [0.1, 0.15) is 33.7 Å². The normalized spacial score (nSPS) is 11.8. The maximum Gasteiger partial charge on any atom is 0.272 e. The SMILES string of the molecule is CCSc1nsc(NC(=O)C(Sc2cccc(NC(=O)/C(=C/c3cccnc3)NC(=O)c3ccccc3)c2)c2ccccc2)n1. The zero-order valence-electron chi connectivity index (χ0n) is 24.0. The second-order valence-corrected chi connectivity index (χ2v) is 12.5. The van der Waals surface area contributed by atoms with Gasteiger partial charge in [0.2, 0.25) is 16.2 Å². The first kappa shape index (κ1) is 31.6. The summed E-state index contributed by atoms with van der Waals surface area (Å²) in [7, 11) is 0. The summed E-state index contributed by atoms with van der Waals surface area (Å²) in [5.41, 5.74) is 2.42. The fraction of sp³-hybridized carbons (Fsp3) is 0.0909. The van der Waals surface area contributed by atoms with Gasteiger partial charge in [-0.15, -0.1) is 11.8 Å². The molecule has 3 N–H and O–H groups in total. The van der Waals surface area contributed by atoms with E-state index in [2.05, 4.69) is 30.3 Å². The highest BCUT2D eigenvalue weighted by Gasteiger charge is 2.24. The van der Waals surface area contributed by atoms with Gasteiger partial charge in [-0.2, -0.15) is 9.36 Å². The van der Waals surface area contributed by atoms with Crippen molar-refractivity contribution in [3.63, 3.8) is 0 Å². The summed E-state index contributed by atoms with van der Waals surface area (Å²) in [6.07, 6.45) is 4.79. The third-order valence-electron chi connectivity index (χ3n) is 6.12. The van der Waals surface area contributed by atoms with Gasteiger partial charge >= 0.3 is 0 Å². The van der Waals surface area contributed by atoms with Crippen molar-refractivity contribution in [2.45, 2.75) is 22.2 Å². The number of hydrogen-bond acceptors (Lipinski definition) is 9. The van der Waals surface area contributed by atoms with Crippen molar-refractivity contribution < 1.29 is 14.4 Å². The van der Waals surface area contributed by atoms with Crippen molar-refractivity contribution in [1.82, 2.24) is 19.7 Å². The highest BCUT2D eigenvalue weighted by Crippen LogP contribution is 2.37. The number of thioether (sulfide) groups is 2. The number of hydrogen-bond donors (Lipinski definition) is 3. The monoisotopic (exact) mass is 652 g/mol. The minimum atomic E-state index is -0.602. The molecule has 3 amide bonds. The number of nitrogens with one attached hydrogen (secondary N) is 3. The number of anilines is 2. The molecule has 1 unspecified atom stereocenters. The number of carbonyl (C=O) groups excluding carboxylic acids is 3. The van der Waals surface area contributed by atoms with Gasteiger partial charge < -0.3 is 10.6 Å². The molecular formula is C33H28N6O3S3. The Morgan fingerprint density at radius 3 is 2.42 bits per heavy atom. The van der Waals surface area contributed by atoms with Gasteiger partial charge in [0.1, 0.15) is 10.9 Å². The molecule has 3 aromatic carbocycles. The molecule has 9 nitrogen and oxygen atoms in total. The summed E-state index contributed by atoms with van der Waals surface area (Å²) < 4.78 is 4.29. The molecule has 0 bridgehead atoms. The van der Waals surface area contributed by atoms with Crippen molar-refractivity contribution in [2.24, 2.45) is 0 Å². The highest BCUT2D eigenvalue weighted by atomic mass is 32.2. The van der Waals surface area contributed by atoms with Crippen LogP contribution in [-0.2, 0) is 9.59 Å². The van der Waals surface area contributed by atoms with E-state index in [9.17, 15) is 14.4 Å². The van der Waals surface area contributed by atoms with Gasteiger partial charge in [-0.25, -0.2) is 0 Å². The lowest BCUT2D eigenvalue weighted by Crippen LogP contribution is -2.30. The van der Waals surface area contributed by atoms with Gasteiger partial charge in [0.15, 0.2) is 0 Å². The minimum Gasteiger partial charge on any atom is -0.321 e. The number of aromatic nitrogens is 3. The zero-order chi connectivity index (χ0) is 31.4. The first-order valence-electron chi connectivity index (χ1n) is 13.9. The number of nitrogens with zero attached hydrogens (tertiary/aromatic N) is 3. The van der Waals surface area contributed by atoms with Gasteiger partial charge in [-0.05, 0) is 59.4 Å². The van der Waals surface area contributed by atoms with E-state index in [0.29, 0.717) is 27.1 Å². The number of pyridine rings is 1. The number of amides is 3. The summed E-state index contributed by atoms with van der Waals surface area (Å²) in [6, 6.07) is 28.8. The third kappa shape index (κ3) is 9.11. The van der Waals surface area contributed by atoms with E-state index in [1.165, 1.54) is 23.5 Å². The lowest BCUT2D eigenvalue weighted by Gasteiger charge is -2.17. The largest absolute Gasteiger partial charge is 0.321 e. The van der Waals surface area contributed by atoms with Gasteiger partial charge in [-0.3, -0.25) is 24.7 Å². The van der Waals surface area contributed by atoms with E-state index in [0.717, 1.165) is 27.7 Å². The van der Waals surface area contributed by atoms with Crippen molar-refractivity contribution in [2.75, 3.05) is 16.4 Å². The topological polar surface area (TPSA) is 126 Å². The molecule has 12 heteroatoms. The standard InChI is InChI=1S/C33H28N6O3S3/c1-2-43-33-38-32(45-39-33)37-31(42)28(23-12-5-3-6-13-23)44-26-17-9-16-25(20-26)35-30(41)27(19-22-11-10-18-34-21-22)36-29(40)24-14-7-4-8-15-24/h3-21,28H,2H2,1H3,(H,35,41)(H,36,40)(H,37,38,39,42)/b27-19-. The molecule has 2 heterocycles. The van der Waals surface area contributed by atoms with Crippen molar-refractivity contribution in [1.29, 1.82) is 0 Å². The number of carbonyl (C=O) groups is 3. The average molecular weight is 653 g/mol. The molecule has 0 radical (unpaired) electrons. The molecule has 1 atom stereocenters. The second-order valence-electron chi connectivity index (χ2n) is 9.36. The number of benzene rings is 3. The molecule has 0 saturated heterocycles. The maximum absolute atomic E-state index is 13.5. The first-order valence-corrected chi connectivity index (χ1v) is 16.5. The maximum atomic E-state index is 13.5. The Morgan fingerprint density at radius 2 is 1.69 bits per heavy atom. The van der Waals surface area contributed by atoms with E-state index in [-0.39, 0.29) is 11.6 Å². The van der Waals surface area contributed by atoms with E-state index >= 15 is 0 Å².